The Balaban J connectivity index is 1.52. The minimum atomic E-state index is -0.887. The van der Waals surface area contributed by atoms with E-state index in [-0.39, 0.29) is 6.61 Å². The molecular formula is C19H25N2O3. The van der Waals surface area contributed by atoms with Crippen molar-refractivity contribution in [2.45, 2.75) is 32.1 Å². The van der Waals surface area contributed by atoms with E-state index >= 15 is 0 Å². The number of aromatic carboxylic acids is 1. The van der Waals surface area contributed by atoms with Gasteiger partial charge in [-0.3, -0.25) is 0 Å². The average molecular weight is 329 g/mol. The molecule has 0 spiro atoms. The van der Waals surface area contributed by atoms with E-state index in [1.54, 1.807) is 12.1 Å². The number of carboxylic acids is 1. The van der Waals surface area contributed by atoms with Crippen LogP contribution in [-0.2, 0) is 11.5 Å². The van der Waals surface area contributed by atoms with Crippen molar-refractivity contribution in [2.24, 2.45) is 5.92 Å². The van der Waals surface area contributed by atoms with Crippen molar-refractivity contribution in [3.63, 3.8) is 0 Å². The molecule has 1 aromatic carbocycles. The molecule has 1 unspecified atom stereocenters. The third-order valence-corrected chi connectivity index (χ3v) is 5.02. The van der Waals surface area contributed by atoms with Crippen molar-refractivity contribution >= 4 is 16.9 Å². The first-order chi connectivity index (χ1) is 11.7. The Kier molecular flexibility index (Phi) is 5.53. The molecule has 3 rings (SSSR count). The zero-order valence-electron chi connectivity index (χ0n) is 14.0. The first-order valence-corrected chi connectivity index (χ1v) is 8.81. The Labute approximate surface area is 142 Å². The number of hydrogen-bond donors (Lipinski definition) is 2. The van der Waals surface area contributed by atoms with Crippen molar-refractivity contribution in [1.29, 1.82) is 0 Å². The number of benzene rings is 1. The van der Waals surface area contributed by atoms with Crippen molar-refractivity contribution in [2.75, 3.05) is 26.2 Å². The van der Waals surface area contributed by atoms with Crippen molar-refractivity contribution in [3.8, 4) is 0 Å². The number of piperidine rings is 1. The van der Waals surface area contributed by atoms with Gasteiger partial charge in [-0.05, 0) is 74.9 Å². The van der Waals surface area contributed by atoms with Gasteiger partial charge in [0.2, 0.25) is 0 Å². The zero-order valence-corrected chi connectivity index (χ0v) is 14.0. The Morgan fingerprint density at radius 1 is 1.33 bits per heavy atom. The average Bonchev–Trinajstić information content (AvgIpc) is 3.01. The maximum absolute atomic E-state index is 11.1. The maximum Gasteiger partial charge on any atom is 0.335 e. The minimum absolute atomic E-state index is 0.0533. The fourth-order valence-electron chi connectivity index (χ4n) is 3.66. The van der Waals surface area contributed by atoms with Gasteiger partial charge in [-0.1, -0.05) is 0 Å². The maximum atomic E-state index is 11.1. The number of aryl methyl sites for hydroxylation is 1. The summed E-state index contributed by atoms with van der Waals surface area (Å²) < 4.78 is 0. The normalized spacial score (nSPS) is 19.0. The number of aromatic nitrogens is 1. The first kappa shape index (κ1) is 17.0. The highest BCUT2D eigenvalue weighted by Gasteiger charge is 2.19. The number of rotatable bonds is 7. The third kappa shape index (κ3) is 3.97. The fourth-order valence-corrected chi connectivity index (χ4v) is 3.66. The molecule has 24 heavy (non-hydrogen) atoms. The van der Waals surface area contributed by atoms with E-state index in [0.717, 1.165) is 62.6 Å². The molecule has 1 radical (unpaired) electrons. The number of nitrogens with one attached hydrogen (secondary N) is 1. The molecule has 1 aliphatic rings. The van der Waals surface area contributed by atoms with E-state index in [9.17, 15) is 9.90 Å². The molecule has 2 N–H and O–H groups in total. The zero-order chi connectivity index (χ0) is 16.9. The molecule has 5 nitrogen and oxygen atoms in total. The Morgan fingerprint density at radius 2 is 2.21 bits per heavy atom. The van der Waals surface area contributed by atoms with Crippen LogP contribution in [0.15, 0.2) is 24.4 Å². The van der Waals surface area contributed by atoms with Crippen LogP contribution in [0.2, 0.25) is 0 Å². The van der Waals surface area contributed by atoms with Gasteiger partial charge in [0.15, 0.2) is 0 Å². The molecule has 1 fully saturated rings. The number of hydrogen-bond acceptors (Lipinski definition) is 2. The van der Waals surface area contributed by atoms with Crippen molar-refractivity contribution in [3.05, 3.63) is 35.5 Å². The van der Waals surface area contributed by atoms with Gasteiger partial charge in [0.25, 0.3) is 0 Å². The number of unbranched alkanes of at least 4 members (excludes halogenated alkanes) is 1. The van der Waals surface area contributed by atoms with Gasteiger partial charge in [0, 0.05) is 23.6 Å². The third-order valence-electron chi connectivity index (χ3n) is 5.02. The second-order valence-corrected chi connectivity index (χ2v) is 6.81. The van der Waals surface area contributed by atoms with E-state index in [1.165, 1.54) is 5.56 Å². The van der Waals surface area contributed by atoms with Gasteiger partial charge in [0.1, 0.15) is 0 Å². The summed E-state index contributed by atoms with van der Waals surface area (Å²) in [6.45, 7) is 3.18. The lowest BCUT2D eigenvalue weighted by Gasteiger charge is -2.31. The smallest absolute Gasteiger partial charge is 0.335 e. The van der Waals surface area contributed by atoms with Crippen molar-refractivity contribution < 1.29 is 15.0 Å². The molecule has 0 bridgehead atoms. The summed E-state index contributed by atoms with van der Waals surface area (Å²) in [6.07, 6.45) is 7.35. The van der Waals surface area contributed by atoms with E-state index in [2.05, 4.69) is 9.88 Å². The number of fused-ring (bicyclic) bond motifs is 1. The summed E-state index contributed by atoms with van der Waals surface area (Å²) in [7, 11) is 0. The highest BCUT2D eigenvalue weighted by molar-refractivity contribution is 5.94. The Hall–Kier alpha value is -1.85. The molecular weight excluding hydrogens is 304 g/mol. The van der Waals surface area contributed by atoms with E-state index < -0.39 is 5.97 Å². The fraction of sp³-hybridized carbons (Fsp3) is 0.526. The molecule has 129 valence electrons. The monoisotopic (exact) mass is 329 g/mol. The molecule has 1 atom stereocenters. The predicted octanol–water partition coefficient (Wildman–Crippen LogP) is 3.33. The number of nitrogens with zero attached hydrogens (tertiary/aromatic N) is 1. The van der Waals surface area contributed by atoms with Crippen LogP contribution >= 0.6 is 0 Å². The summed E-state index contributed by atoms with van der Waals surface area (Å²) >= 11 is 0. The van der Waals surface area contributed by atoms with E-state index in [0.29, 0.717) is 11.5 Å². The van der Waals surface area contributed by atoms with Crippen LogP contribution < -0.4 is 0 Å². The second kappa shape index (κ2) is 7.81. The van der Waals surface area contributed by atoms with Crippen LogP contribution in [0.4, 0.5) is 0 Å². The lowest BCUT2D eigenvalue weighted by atomic mass is 9.98. The summed E-state index contributed by atoms with van der Waals surface area (Å²) in [4.78, 5) is 16.8. The molecule has 2 aromatic rings. The van der Waals surface area contributed by atoms with Gasteiger partial charge in [-0.25, -0.2) is 9.90 Å². The molecule has 0 amide bonds. The SMILES string of the molecule is [O]CC1CCCN(CCCCc2c[nH]c3ccc(C(=O)O)cc23)C1. The van der Waals surface area contributed by atoms with Gasteiger partial charge in [0.05, 0.1) is 12.2 Å². The largest absolute Gasteiger partial charge is 0.478 e. The van der Waals surface area contributed by atoms with Crippen LogP contribution in [0.5, 0.6) is 0 Å². The highest BCUT2D eigenvalue weighted by atomic mass is 16.4. The highest BCUT2D eigenvalue weighted by Crippen LogP contribution is 2.22. The quantitative estimate of drug-likeness (QED) is 0.765. The first-order valence-electron chi connectivity index (χ1n) is 8.81. The standard InChI is InChI=1S/C19H25N2O3/c22-13-14-4-3-9-21(12-14)8-2-1-5-16-11-20-18-7-6-15(19(23)24)10-17(16)18/h6-7,10-11,14,20H,1-5,8-9,12-13H2,(H,23,24). The molecule has 0 aliphatic carbocycles. The molecule has 2 heterocycles. The number of aromatic amines is 1. The van der Waals surface area contributed by atoms with E-state index in [1.807, 2.05) is 12.3 Å². The summed E-state index contributed by atoms with van der Waals surface area (Å²) in [6, 6.07) is 5.22. The van der Waals surface area contributed by atoms with Gasteiger partial charge < -0.3 is 15.0 Å². The number of likely N-dealkylation sites (tertiary alicyclic amines) is 1. The molecule has 1 aliphatic heterocycles. The minimum Gasteiger partial charge on any atom is -0.478 e. The molecule has 5 heteroatoms. The Bertz CT molecular complexity index is 695. The van der Waals surface area contributed by atoms with Crippen molar-refractivity contribution in [1.82, 2.24) is 9.88 Å². The van der Waals surface area contributed by atoms with Crippen LogP contribution in [0.1, 0.15) is 41.6 Å². The lowest BCUT2D eigenvalue weighted by molar-refractivity contribution is 0.0697. The van der Waals surface area contributed by atoms with Gasteiger partial charge >= 0.3 is 5.97 Å². The Morgan fingerprint density at radius 3 is 3.00 bits per heavy atom. The summed E-state index contributed by atoms with van der Waals surface area (Å²) in [5.74, 6) is -0.552. The van der Waals surface area contributed by atoms with Crippen LogP contribution in [0.3, 0.4) is 0 Å². The van der Waals surface area contributed by atoms with Gasteiger partial charge in [-0.2, -0.15) is 0 Å². The number of carboxylic acid groups (broad SMARTS) is 1. The second-order valence-electron chi connectivity index (χ2n) is 6.81. The van der Waals surface area contributed by atoms with Gasteiger partial charge in [-0.15, -0.1) is 0 Å². The molecule has 0 saturated carbocycles. The lowest BCUT2D eigenvalue weighted by Crippen LogP contribution is -2.37. The number of carbonyl (C=O) groups is 1. The molecule has 1 aromatic heterocycles. The predicted molar refractivity (Wildman–Crippen MR) is 92.9 cm³/mol. The summed E-state index contributed by atoms with van der Waals surface area (Å²) in [5.41, 5.74) is 2.51. The summed E-state index contributed by atoms with van der Waals surface area (Å²) in [5, 5.41) is 21.2. The van der Waals surface area contributed by atoms with Crippen LogP contribution in [0.25, 0.3) is 10.9 Å². The van der Waals surface area contributed by atoms with Crippen LogP contribution in [-0.4, -0.2) is 47.2 Å². The van der Waals surface area contributed by atoms with E-state index in [4.69, 9.17) is 5.11 Å². The van der Waals surface area contributed by atoms with Crippen LogP contribution in [0, 0.1) is 5.92 Å². The topological polar surface area (TPSA) is 76.2 Å². The molecule has 1 saturated heterocycles. The number of H-pyrrole nitrogens is 1.